The van der Waals surface area contributed by atoms with Crippen LogP contribution in [0, 0.1) is 0 Å². The highest BCUT2D eigenvalue weighted by Gasteiger charge is 2.16. The second kappa shape index (κ2) is 3.60. The van der Waals surface area contributed by atoms with Crippen molar-refractivity contribution < 1.29 is 0 Å². The molecular weight excluding hydrogens is 166 g/mol. The third kappa shape index (κ3) is 3.59. The minimum Gasteiger partial charge on any atom is -0.127 e. The Kier molecular flexibility index (Phi) is 3.87. The lowest BCUT2D eigenvalue weighted by Gasteiger charge is -2.10. The van der Waals surface area contributed by atoms with Crippen molar-refractivity contribution in [2.24, 2.45) is 0 Å². The second-order valence-electron chi connectivity index (χ2n) is 1.40. The zero-order chi connectivity index (χ0) is 6.62. The van der Waals surface area contributed by atoms with Gasteiger partial charge in [-0.1, -0.05) is 29.3 Å². The van der Waals surface area contributed by atoms with Crippen molar-refractivity contribution in [2.75, 3.05) is 5.88 Å². The van der Waals surface area contributed by atoms with E-state index >= 15 is 0 Å². The minimum absolute atomic E-state index is 0.457. The van der Waals surface area contributed by atoms with Crippen LogP contribution in [-0.4, -0.2) is 10.2 Å². The van der Waals surface area contributed by atoms with Crippen LogP contribution in [0.4, 0.5) is 0 Å². The minimum atomic E-state index is -0.832. The van der Waals surface area contributed by atoms with Crippen LogP contribution in [0.1, 0.15) is 6.42 Å². The largest absolute Gasteiger partial charge is 0.137 e. The van der Waals surface area contributed by atoms with E-state index in [0.717, 1.165) is 0 Å². The fraction of sp³-hybridized carbons (Fsp3) is 0.600. The SMILES string of the molecule is C=CC(Cl)(Cl)CCCl. The topological polar surface area (TPSA) is 0 Å². The van der Waals surface area contributed by atoms with Gasteiger partial charge in [-0.15, -0.1) is 18.2 Å². The van der Waals surface area contributed by atoms with Gasteiger partial charge in [0.15, 0.2) is 0 Å². The summed E-state index contributed by atoms with van der Waals surface area (Å²) in [6, 6.07) is 0. The Morgan fingerprint density at radius 3 is 2.12 bits per heavy atom. The lowest BCUT2D eigenvalue weighted by atomic mass is 10.3. The summed E-state index contributed by atoms with van der Waals surface area (Å²) in [5.74, 6) is 0.457. The molecule has 0 spiro atoms. The molecule has 0 fully saturated rings. The molecule has 3 heteroatoms. The van der Waals surface area contributed by atoms with Crippen LogP contribution in [-0.2, 0) is 0 Å². The predicted octanol–water partition coefficient (Wildman–Crippen LogP) is 2.98. The van der Waals surface area contributed by atoms with Crippen LogP contribution >= 0.6 is 34.8 Å². The number of halogens is 3. The molecule has 0 N–H and O–H groups in total. The number of alkyl halides is 3. The lowest BCUT2D eigenvalue weighted by molar-refractivity contribution is 0.905. The van der Waals surface area contributed by atoms with E-state index in [-0.39, 0.29) is 0 Å². The third-order valence-corrected chi connectivity index (χ3v) is 1.60. The Morgan fingerprint density at radius 1 is 1.50 bits per heavy atom. The molecule has 0 amide bonds. The maximum absolute atomic E-state index is 5.58. The molecule has 0 aliphatic heterocycles. The van der Waals surface area contributed by atoms with Gasteiger partial charge in [0, 0.05) is 5.88 Å². The van der Waals surface area contributed by atoms with Crippen LogP contribution in [0.25, 0.3) is 0 Å². The fourth-order valence-corrected chi connectivity index (χ4v) is 0.909. The van der Waals surface area contributed by atoms with Crippen LogP contribution in [0.15, 0.2) is 12.7 Å². The lowest BCUT2D eigenvalue weighted by Crippen LogP contribution is -2.07. The van der Waals surface area contributed by atoms with E-state index in [1.54, 1.807) is 0 Å². The van der Waals surface area contributed by atoms with E-state index in [9.17, 15) is 0 Å². The quantitative estimate of drug-likeness (QED) is 0.455. The summed E-state index contributed by atoms with van der Waals surface area (Å²) in [6.07, 6.45) is 2.01. The van der Waals surface area contributed by atoms with Gasteiger partial charge in [-0.2, -0.15) is 0 Å². The number of rotatable bonds is 3. The Labute approximate surface area is 64.4 Å². The molecule has 0 saturated carbocycles. The summed E-state index contributed by atoms with van der Waals surface area (Å²) in [5.41, 5.74) is 0. The monoisotopic (exact) mass is 172 g/mol. The molecule has 0 atom stereocenters. The molecule has 0 aromatic carbocycles. The van der Waals surface area contributed by atoms with E-state index in [2.05, 4.69) is 6.58 Å². The van der Waals surface area contributed by atoms with Crippen molar-refractivity contribution in [3.63, 3.8) is 0 Å². The first-order chi connectivity index (χ1) is 3.62. The van der Waals surface area contributed by atoms with Gasteiger partial charge in [0.05, 0.1) is 0 Å². The average Bonchev–Trinajstić information content (AvgIpc) is 1.67. The van der Waals surface area contributed by atoms with Gasteiger partial charge in [-0.25, -0.2) is 0 Å². The van der Waals surface area contributed by atoms with E-state index in [1.807, 2.05) is 0 Å². The molecule has 48 valence electrons. The Bertz CT molecular complexity index is 77.7. The van der Waals surface area contributed by atoms with Crippen molar-refractivity contribution >= 4 is 34.8 Å². The Hall–Kier alpha value is 0.610. The molecule has 0 saturated heterocycles. The van der Waals surface area contributed by atoms with Gasteiger partial charge in [-0.05, 0) is 6.42 Å². The molecule has 0 nitrogen and oxygen atoms in total. The van der Waals surface area contributed by atoms with Gasteiger partial charge < -0.3 is 0 Å². The third-order valence-electron chi connectivity index (χ3n) is 0.726. The fourth-order valence-electron chi connectivity index (χ4n) is 0.228. The van der Waals surface area contributed by atoms with E-state index in [0.29, 0.717) is 12.3 Å². The van der Waals surface area contributed by atoms with E-state index in [1.165, 1.54) is 6.08 Å². The molecule has 0 aromatic heterocycles. The number of allylic oxidation sites excluding steroid dienone is 1. The molecular formula is C5H7Cl3. The molecule has 0 bridgehead atoms. The van der Waals surface area contributed by atoms with Crippen LogP contribution in [0.2, 0.25) is 0 Å². The summed E-state index contributed by atoms with van der Waals surface area (Å²) in [4.78, 5) is 0. The molecule has 0 rings (SSSR count). The van der Waals surface area contributed by atoms with Crippen LogP contribution in [0.3, 0.4) is 0 Å². The van der Waals surface area contributed by atoms with Crippen LogP contribution in [0.5, 0.6) is 0 Å². The molecule has 0 radical (unpaired) electrons. The van der Waals surface area contributed by atoms with Crippen molar-refractivity contribution in [1.29, 1.82) is 0 Å². The number of hydrogen-bond acceptors (Lipinski definition) is 0. The highest BCUT2D eigenvalue weighted by atomic mass is 35.5. The maximum atomic E-state index is 5.58. The first-order valence-electron chi connectivity index (χ1n) is 2.20. The second-order valence-corrected chi connectivity index (χ2v) is 3.32. The van der Waals surface area contributed by atoms with Crippen molar-refractivity contribution in [3.05, 3.63) is 12.7 Å². The average molecular weight is 173 g/mol. The van der Waals surface area contributed by atoms with Crippen molar-refractivity contribution in [2.45, 2.75) is 10.8 Å². The Morgan fingerprint density at radius 2 is 2.00 bits per heavy atom. The zero-order valence-corrected chi connectivity index (χ0v) is 6.60. The zero-order valence-electron chi connectivity index (χ0n) is 4.33. The predicted molar refractivity (Wildman–Crippen MR) is 40.0 cm³/mol. The smallest absolute Gasteiger partial charge is 0.127 e. The molecule has 0 unspecified atom stereocenters. The van der Waals surface area contributed by atoms with Gasteiger partial charge in [0.1, 0.15) is 4.33 Å². The van der Waals surface area contributed by atoms with Gasteiger partial charge in [0.2, 0.25) is 0 Å². The highest BCUT2D eigenvalue weighted by molar-refractivity contribution is 6.50. The van der Waals surface area contributed by atoms with E-state index < -0.39 is 4.33 Å². The van der Waals surface area contributed by atoms with Crippen LogP contribution < -0.4 is 0 Å². The molecule has 0 heterocycles. The first-order valence-corrected chi connectivity index (χ1v) is 3.49. The maximum Gasteiger partial charge on any atom is 0.137 e. The summed E-state index contributed by atoms with van der Waals surface area (Å²) in [5, 5.41) is 0. The van der Waals surface area contributed by atoms with Gasteiger partial charge in [0.25, 0.3) is 0 Å². The first kappa shape index (κ1) is 8.61. The Balaban J connectivity index is 3.53. The summed E-state index contributed by atoms with van der Waals surface area (Å²) >= 11 is 16.5. The normalized spacial score (nSPS) is 11.4. The summed E-state index contributed by atoms with van der Waals surface area (Å²) < 4.78 is -0.832. The summed E-state index contributed by atoms with van der Waals surface area (Å²) in [6.45, 7) is 3.43. The van der Waals surface area contributed by atoms with Gasteiger partial charge in [-0.3, -0.25) is 0 Å². The summed E-state index contributed by atoms with van der Waals surface area (Å²) in [7, 11) is 0. The van der Waals surface area contributed by atoms with Crippen molar-refractivity contribution in [1.82, 2.24) is 0 Å². The van der Waals surface area contributed by atoms with E-state index in [4.69, 9.17) is 34.8 Å². The molecule has 0 aliphatic rings. The van der Waals surface area contributed by atoms with Gasteiger partial charge >= 0.3 is 0 Å². The molecule has 8 heavy (non-hydrogen) atoms. The molecule has 0 aliphatic carbocycles. The highest BCUT2D eigenvalue weighted by Crippen LogP contribution is 2.26. The number of hydrogen-bond donors (Lipinski definition) is 0. The van der Waals surface area contributed by atoms with Crippen molar-refractivity contribution in [3.8, 4) is 0 Å². The standard InChI is InChI=1S/C5H7Cl3/c1-2-5(7,8)3-4-6/h2H,1,3-4H2. The molecule has 0 aromatic rings.